The summed E-state index contributed by atoms with van der Waals surface area (Å²) in [5.74, 6) is -1.07. The molecule has 106 valence electrons. The van der Waals surface area contributed by atoms with Crippen LogP contribution in [0.4, 0.5) is 8.78 Å². The van der Waals surface area contributed by atoms with Gasteiger partial charge in [0.2, 0.25) is 0 Å². The van der Waals surface area contributed by atoms with Crippen molar-refractivity contribution in [2.24, 2.45) is 0 Å². The van der Waals surface area contributed by atoms with E-state index >= 15 is 0 Å². The molecule has 1 heterocycles. The van der Waals surface area contributed by atoms with Crippen molar-refractivity contribution < 1.29 is 22.8 Å². The Balaban J connectivity index is 2.19. The van der Waals surface area contributed by atoms with Crippen LogP contribution >= 0.6 is 0 Å². The van der Waals surface area contributed by atoms with E-state index in [4.69, 9.17) is 0 Å². The quantitative estimate of drug-likeness (QED) is 0.780. The maximum Gasteiger partial charge on any atom is 0.442 e. The first-order chi connectivity index (χ1) is 9.47. The Bertz CT molecular complexity index is 678. The van der Waals surface area contributed by atoms with Crippen LogP contribution in [0.3, 0.4) is 0 Å². The molecular formula is C12H10F2N2O4. The third-order valence-electron chi connectivity index (χ3n) is 2.55. The summed E-state index contributed by atoms with van der Waals surface area (Å²) in [4.78, 5) is 23.3. The second kappa shape index (κ2) is 5.64. The molecule has 1 aromatic carbocycles. The lowest BCUT2D eigenvalue weighted by Gasteiger charge is -2.06. The number of aryl methyl sites for hydroxylation is 1. The second-order valence-corrected chi connectivity index (χ2v) is 3.91. The van der Waals surface area contributed by atoms with Gasteiger partial charge in [-0.3, -0.25) is 13.9 Å². The lowest BCUT2D eigenvalue weighted by Crippen LogP contribution is -2.21. The normalized spacial score (nSPS) is 10.8. The second-order valence-electron chi connectivity index (χ2n) is 3.91. The smallest absolute Gasteiger partial charge is 0.435 e. The van der Waals surface area contributed by atoms with E-state index in [1.165, 1.54) is 31.2 Å². The average Bonchev–Trinajstić information content (AvgIpc) is 2.70. The lowest BCUT2D eigenvalue weighted by atomic mass is 10.1. The molecule has 0 atom stereocenters. The van der Waals surface area contributed by atoms with Crippen molar-refractivity contribution in [1.82, 2.24) is 9.72 Å². The number of nitrogens with zero attached hydrogens (tertiary/aromatic N) is 2. The fraction of sp³-hybridized carbons (Fsp3) is 0.250. The van der Waals surface area contributed by atoms with Gasteiger partial charge in [-0.25, -0.2) is 4.79 Å². The largest absolute Gasteiger partial charge is 0.442 e. The van der Waals surface area contributed by atoms with Crippen LogP contribution in [0.25, 0.3) is 0 Å². The van der Waals surface area contributed by atoms with E-state index in [-0.39, 0.29) is 23.7 Å². The number of Topliss-reactive ketones (excluding diaryl/α,β-unsaturated/α-hetero) is 1. The van der Waals surface area contributed by atoms with Crippen molar-refractivity contribution >= 4 is 5.78 Å². The van der Waals surface area contributed by atoms with E-state index in [1.807, 2.05) is 0 Å². The van der Waals surface area contributed by atoms with Crippen LogP contribution in [0.15, 0.2) is 33.6 Å². The van der Waals surface area contributed by atoms with Crippen molar-refractivity contribution in [3.05, 3.63) is 46.2 Å². The maximum atomic E-state index is 12.1. The number of carbonyl (C=O) groups is 1. The summed E-state index contributed by atoms with van der Waals surface area (Å²) in [6.45, 7) is -1.75. The molecule has 0 aliphatic rings. The van der Waals surface area contributed by atoms with Crippen molar-refractivity contribution in [3.63, 3.8) is 0 Å². The summed E-state index contributed by atoms with van der Waals surface area (Å²) in [5.41, 5.74) is 0.149. The van der Waals surface area contributed by atoms with Crippen LogP contribution in [-0.2, 0) is 6.54 Å². The number of hydrogen-bond donors (Lipinski definition) is 0. The molecule has 0 fully saturated rings. The number of alkyl halides is 2. The monoisotopic (exact) mass is 284 g/mol. The number of benzene rings is 1. The van der Waals surface area contributed by atoms with Gasteiger partial charge in [0.05, 0.1) is 6.54 Å². The Labute approximate surface area is 111 Å². The first-order valence-corrected chi connectivity index (χ1v) is 5.58. The number of hydrogen-bond acceptors (Lipinski definition) is 5. The molecule has 0 spiro atoms. The Morgan fingerprint density at radius 1 is 1.50 bits per heavy atom. The first kappa shape index (κ1) is 13.9. The van der Waals surface area contributed by atoms with E-state index in [9.17, 15) is 18.4 Å². The molecule has 0 aliphatic carbocycles. The molecule has 0 saturated carbocycles. The minimum Gasteiger partial charge on any atom is -0.435 e. The van der Waals surface area contributed by atoms with Crippen LogP contribution < -0.4 is 10.5 Å². The summed E-state index contributed by atoms with van der Waals surface area (Å²) in [5, 5.41) is 3.42. The standard InChI is InChI=1S/C12H10F2N2O4/c1-7-15-20-12(18)16(7)6-10(17)8-3-2-4-9(5-8)19-11(13)14/h2-5,11H,6H2,1H3. The zero-order chi connectivity index (χ0) is 14.7. The zero-order valence-electron chi connectivity index (χ0n) is 10.4. The molecule has 0 amide bonds. The Morgan fingerprint density at radius 3 is 2.85 bits per heavy atom. The number of halogens is 2. The fourth-order valence-corrected chi connectivity index (χ4v) is 1.60. The lowest BCUT2D eigenvalue weighted by molar-refractivity contribution is -0.0498. The SMILES string of the molecule is Cc1noc(=O)n1CC(=O)c1cccc(OC(F)F)c1. The van der Waals surface area contributed by atoms with Gasteiger partial charge in [-0.15, -0.1) is 0 Å². The highest BCUT2D eigenvalue weighted by Crippen LogP contribution is 2.16. The molecule has 6 nitrogen and oxygen atoms in total. The average molecular weight is 284 g/mol. The van der Waals surface area contributed by atoms with Crippen LogP contribution in [0.1, 0.15) is 16.2 Å². The van der Waals surface area contributed by atoms with E-state index in [2.05, 4.69) is 14.4 Å². The molecule has 0 radical (unpaired) electrons. The predicted molar refractivity (Wildman–Crippen MR) is 62.9 cm³/mol. The van der Waals surface area contributed by atoms with Crippen molar-refractivity contribution in [2.75, 3.05) is 0 Å². The number of aromatic nitrogens is 2. The fourth-order valence-electron chi connectivity index (χ4n) is 1.60. The van der Waals surface area contributed by atoms with Gasteiger partial charge in [-0.05, 0) is 19.1 Å². The molecule has 1 aromatic heterocycles. The number of rotatable bonds is 5. The van der Waals surface area contributed by atoms with Crippen LogP contribution in [0.5, 0.6) is 5.75 Å². The summed E-state index contributed by atoms with van der Waals surface area (Å²) in [6.07, 6.45) is 0. The number of carbonyl (C=O) groups excluding carboxylic acids is 1. The molecule has 0 N–H and O–H groups in total. The van der Waals surface area contributed by atoms with Gasteiger partial charge in [-0.2, -0.15) is 8.78 Å². The minimum absolute atomic E-state index is 0.125. The Morgan fingerprint density at radius 2 is 2.25 bits per heavy atom. The van der Waals surface area contributed by atoms with Crippen LogP contribution in [0, 0.1) is 6.92 Å². The number of ketones is 1. The highest BCUT2D eigenvalue weighted by Gasteiger charge is 2.14. The van der Waals surface area contributed by atoms with Crippen LogP contribution in [-0.4, -0.2) is 22.1 Å². The molecule has 2 rings (SSSR count). The topological polar surface area (TPSA) is 74.3 Å². The Kier molecular flexibility index (Phi) is 3.92. The molecule has 8 heteroatoms. The third kappa shape index (κ3) is 3.08. The van der Waals surface area contributed by atoms with Gasteiger partial charge < -0.3 is 4.74 Å². The summed E-state index contributed by atoms with van der Waals surface area (Å²) >= 11 is 0. The van der Waals surface area contributed by atoms with Crippen molar-refractivity contribution in [2.45, 2.75) is 20.1 Å². The third-order valence-corrected chi connectivity index (χ3v) is 2.55. The molecule has 2 aromatic rings. The maximum absolute atomic E-state index is 12.1. The molecule has 20 heavy (non-hydrogen) atoms. The summed E-state index contributed by atoms with van der Waals surface area (Å²) in [7, 11) is 0. The van der Waals surface area contributed by atoms with Crippen molar-refractivity contribution in [3.8, 4) is 5.75 Å². The van der Waals surface area contributed by atoms with Gasteiger partial charge in [0.1, 0.15) is 5.75 Å². The molecule has 0 saturated heterocycles. The first-order valence-electron chi connectivity index (χ1n) is 5.58. The van der Waals surface area contributed by atoms with E-state index < -0.39 is 18.2 Å². The molecule has 0 bridgehead atoms. The molecule has 0 unspecified atom stereocenters. The van der Waals surface area contributed by atoms with Gasteiger partial charge in [0.15, 0.2) is 11.6 Å². The molecular weight excluding hydrogens is 274 g/mol. The number of ether oxygens (including phenoxy) is 1. The van der Waals surface area contributed by atoms with Crippen molar-refractivity contribution in [1.29, 1.82) is 0 Å². The van der Waals surface area contributed by atoms with Gasteiger partial charge in [-0.1, -0.05) is 17.3 Å². The summed E-state index contributed by atoms with van der Waals surface area (Å²) < 4.78 is 33.8. The Hall–Kier alpha value is -2.51. The highest BCUT2D eigenvalue weighted by atomic mass is 19.3. The van der Waals surface area contributed by atoms with Gasteiger partial charge in [0.25, 0.3) is 0 Å². The van der Waals surface area contributed by atoms with Gasteiger partial charge >= 0.3 is 12.4 Å². The molecule has 0 aliphatic heterocycles. The highest BCUT2D eigenvalue weighted by molar-refractivity contribution is 5.96. The van der Waals surface area contributed by atoms with E-state index in [1.54, 1.807) is 0 Å². The van der Waals surface area contributed by atoms with Gasteiger partial charge in [0, 0.05) is 5.56 Å². The zero-order valence-corrected chi connectivity index (χ0v) is 10.4. The van der Waals surface area contributed by atoms with Crippen LogP contribution in [0.2, 0.25) is 0 Å². The predicted octanol–water partition coefficient (Wildman–Crippen LogP) is 1.63. The summed E-state index contributed by atoms with van der Waals surface area (Å²) in [6, 6.07) is 5.34. The minimum atomic E-state index is -2.97. The van der Waals surface area contributed by atoms with E-state index in [0.717, 1.165) is 4.57 Å². The van der Waals surface area contributed by atoms with E-state index in [0.29, 0.717) is 0 Å².